The van der Waals surface area contributed by atoms with Crippen molar-refractivity contribution in [3.63, 3.8) is 0 Å². The second kappa shape index (κ2) is 9.77. The monoisotopic (exact) mass is 315 g/mol. The molecule has 0 bridgehead atoms. The van der Waals surface area contributed by atoms with Gasteiger partial charge in [0.1, 0.15) is 0 Å². The predicted octanol–water partition coefficient (Wildman–Crippen LogP) is 3.62. The number of unbranched alkanes of at least 4 members (excludes halogenated alkanes) is 4. The minimum absolute atomic E-state index is 1.21. The number of piperazine rings is 1. The lowest BCUT2D eigenvalue weighted by atomic mass is 10.1. The minimum atomic E-state index is 1.21. The van der Waals surface area contributed by atoms with Gasteiger partial charge in [-0.15, -0.1) is 0 Å². The highest BCUT2D eigenvalue weighted by Gasteiger charge is 2.19. The summed E-state index contributed by atoms with van der Waals surface area (Å²) in [4.78, 5) is 4.35. The Morgan fingerprint density at radius 1 is 1.00 bits per heavy atom. The van der Waals surface area contributed by atoms with Crippen LogP contribution in [0.2, 0.25) is 0 Å². The number of quaternary nitrogens is 1. The third kappa shape index (κ3) is 6.78. The van der Waals surface area contributed by atoms with Crippen LogP contribution in [0.15, 0.2) is 35.9 Å². The van der Waals surface area contributed by atoms with E-state index >= 15 is 0 Å². The minimum Gasteiger partial charge on any atom is -0.360 e. The largest absolute Gasteiger partial charge is 0.360 e. The maximum Gasteiger partial charge on any atom is 0.0949 e. The van der Waals surface area contributed by atoms with Crippen LogP contribution in [-0.2, 0) is 0 Å². The van der Waals surface area contributed by atoms with Crippen molar-refractivity contribution in [2.45, 2.75) is 52.9 Å². The molecule has 0 radical (unpaired) electrons. The van der Waals surface area contributed by atoms with Crippen molar-refractivity contribution in [1.82, 2.24) is 0 Å². The van der Waals surface area contributed by atoms with E-state index in [1.807, 2.05) is 0 Å². The average Bonchev–Trinajstić information content (AvgIpc) is 2.55. The van der Waals surface area contributed by atoms with Gasteiger partial charge < -0.3 is 9.80 Å². The predicted molar refractivity (Wildman–Crippen MR) is 101 cm³/mol. The van der Waals surface area contributed by atoms with E-state index in [1.54, 1.807) is 4.90 Å². The average molecular weight is 316 g/mol. The number of hydrogen-bond donors (Lipinski definition) is 1. The smallest absolute Gasteiger partial charge is 0.0949 e. The van der Waals surface area contributed by atoms with E-state index in [4.69, 9.17) is 0 Å². The highest BCUT2D eigenvalue weighted by atomic mass is 15.3. The molecule has 2 rings (SSSR count). The summed E-state index contributed by atoms with van der Waals surface area (Å²) in [5.74, 6) is 0. The fourth-order valence-electron chi connectivity index (χ4n) is 3.35. The van der Waals surface area contributed by atoms with Crippen LogP contribution < -0.4 is 9.80 Å². The van der Waals surface area contributed by atoms with E-state index in [0.29, 0.717) is 0 Å². The number of hydrogen-bond acceptors (Lipinski definition) is 1. The molecular formula is C21H35N2+. The molecule has 0 spiro atoms. The summed E-state index contributed by atoms with van der Waals surface area (Å²) >= 11 is 0. The van der Waals surface area contributed by atoms with E-state index in [0.717, 1.165) is 0 Å². The fourth-order valence-corrected chi connectivity index (χ4v) is 3.35. The number of rotatable bonds is 8. The van der Waals surface area contributed by atoms with Crippen LogP contribution in [0.4, 0.5) is 5.69 Å². The van der Waals surface area contributed by atoms with Gasteiger partial charge in [0.2, 0.25) is 0 Å². The van der Waals surface area contributed by atoms with Crippen molar-refractivity contribution < 1.29 is 4.90 Å². The Hall–Kier alpha value is -1.28. The Morgan fingerprint density at radius 3 is 2.30 bits per heavy atom. The number of benzene rings is 1. The Kier molecular flexibility index (Phi) is 7.67. The maximum absolute atomic E-state index is 2.54. The molecule has 1 aromatic rings. The van der Waals surface area contributed by atoms with Gasteiger partial charge in [-0.3, -0.25) is 0 Å². The van der Waals surface area contributed by atoms with Gasteiger partial charge in [0, 0.05) is 5.69 Å². The van der Waals surface area contributed by atoms with E-state index < -0.39 is 0 Å². The van der Waals surface area contributed by atoms with Gasteiger partial charge in [-0.2, -0.15) is 0 Å². The van der Waals surface area contributed by atoms with Gasteiger partial charge >= 0.3 is 0 Å². The lowest BCUT2D eigenvalue weighted by Crippen LogP contribution is -3.14. The van der Waals surface area contributed by atoms with Gasteiger partial charge in [0.05, 0.1) is 32.7 Å². The molecular weight excluding hydrogens is 280 g/mol. The van der Waals surface area contributed by atoms with Crippen LogP contribution >= 0.6 is 0 Å². The topological polar surface area (TPSA) is 7.68 Å². The molecule has 1 aromatic carbocycles. The van der Waals surface area contributed by atoms with Crippen molar-refractivity contribution in [2.24, 2.45) is 0 Å². The molecule has 2 heteroatoms. The Morgan fingerprint density at radius 2 is 1.65 bits per heavy atom. The highest BCUT2D eigenvalue weighted by Crippen LogP contribution is 2.14. The first-order chi connectivity index (χ1) is 11.1. The van der Waals surface area contributed by atoms with E-state index in [-0.39, 0.29) is 0 Å². The van der Waals surface area contributed by atoms with Crippen molar-refractivity contribution >= 4 is 5.69 Å². The van der Waals surface area contributed by atoms with E-state index in [9.17, 15) is 0 Å². The number of aryl methyl sites for hydroxylation is 1. The molecule has 128 valence electrons. The Labute approximate surface area is 143 Å². The van der Waals surface area contributed by atoms with Gasteiger partial charge in [0.25, 0.3) is 0 Å². The maximum atomic E-state index is 2.54. The normalized spacial score (nSPS) is 15.7. The zero-order chi connectivity index (χ0) is 16.5. The standard InChI is InChI=1S/C21H34N2/c1-19(2)9-7-5-4-6-8-14-22-15-17-23(18-16-22)21-12-10-20(3)11-13-21/h9-13H,4-8,14-18H2,1-3H3/p+1. The third-order valence-electron chi connectivity index (χ3n) is 4.91. The van der Waals surface area contributed by atoms with Crippen molar-refractivity contribution in [1.29, 1.82) is 0 Å². The summed E-state index contributed by atoms with van der Waals surface area (Å²) in [6.45, 7) is 12.9. The molecule has 1 saturated heterocycles. The molecule has 0 aliphatic carbocycles. The molecule has 1 N–H and O–H groups in total. The first kappa shape index (κ1) is 18.1. The van der Waals surface area contributed by atoms with Crippen LogP contribution in [0.25, 0.3) is 0 Å². The quantitative estimate of drug-likeness (QED) is 0.569. The summed E-state index contributed by atoms with van der Waals surface area (Å²) in [5, 5.41) is 0. The summed E-state index contributed by atoms with van der Waals surface area (Å²) in [7, 11) is 0. The molecule has 0 aromatic heterocycles. The number of allylic oxidation sites excluding steroid dienone is 2. The zero-order valence-electron chi connectivity index (χ0n) is 15.4. The van der Waals surface area contributed by atoms with Gasteiger partial charge in [-0.05, 0) is 58.6 Å². The third-order valence-corrected chi connectivity index (χ3v) is 4.91. The van der Waals surface area contributed by atoms with Crippen LogP contribution in [0.3, 0.4) is 0 Å². The molecule has 2 nitrogen and oxygen atoms in total. The first-order valence-corrected chi connectivity index (χ1v) is 9.44. The summed E-state index contributed by atoms with van der Waals surface area (Å²) in [6.07, 6.45) is 9.20. The van der Waals surface area contributed by atoms with Crippen LogP contribution in [0.5, 0.6) is 0 Å². The lowest BCUT2D eigenvalue weighted by molar-refractivity contribution is -0.900. The van der Waals surface area contributed by atoms with Gasteiger partial charge in [0.15, 0.2) is 0 Å². The molecule has 1 aliphatic rings. The van der Waals surface area contributed by atoms with Crippen molar-refractivity contribution in [3.8, 4) is 0 Å². The lowest BCUT2D eigenvalue weighted by Gasteiger charge is -2.33. The van der Waals surface area contributed by atoms with Gasteiger partial charge in [-0.1, -0.05) is 35.8 Å². The number of anilines is 1. The van der Waals surface area contributed by atoms with Crippen LogP contribution in [0.1, 0.15) is 51.5 Å². The molecule has 0 saturated carbocycles. The van der Waals surface area contributed by atoms with Crippen LogP contribution in [-0.4, -0.2) is 32.7 Å². The van der Waals surface area contributed by atoms with Gasteiger partial charge in [-0.25, -0.2) is 0 Å². The highest BCUT2D eigenvalue weighted by molar-refractivity contribution is 5.47. The molecule has 1 fully saturated rings. The first-order valence-electron chi connectivity index (χ1n) is 9.44. The second-order valence-electron chi connectivity index (χ2n) is 7.31. The zero-order valence-corrected chi connectivity index (χ0v) is 15.4. The van der Waals surface area contributed by atoms with Crippen LogP contribution in [0, 0.1) is 6.92 Å². The fraction of sp³-hybridized carbons (Fsp3) is 0.619. The molecule has 1 aliphatic heterocycles. The second-order valence-corrected chi connectivity index (χ2v) is 7.31. The molecule has 0 unspecified atom stereocenters. The SMILES string of the molecule is CC(C)=CCCCCCC[NH+]1CCN(c2ccc(C)cc2)CC1. The molecule has 0 atom stereocenters. The summed E-state index contributed by atoms with van der Waals surface area (Å²) < 4.78 is 0. The molecule has 23 heavy (non-hydrogen) atoms. The Balaban J connectivity index is 1.56. The van der Waals surface area contributed by atoms with E-state index in [1.165, 1.54) is 81.7 Å². The van der Waals surface area contributed by atoms with Crippen molar-refractivity contribution in [2.75, 3.05) is 37.6 Å². The molecule has 1 heterocycles. The Bertz CT molecular complexity index is 463. The summed E-state index contributed by atoms with van der Waals surface area (Å²) in [5.41, 5.74) is 4.21. The molecule has 0 amide bonds. The van der Waals surface area contributed by atoms with E-state index in [2.05, 4.69) is 56.0 Å². The number of nitrogens with one attached hydrogen (secondary N) is 1. The summed E-state index contributed by atoms with van der Waals surface area (Å²) in [6, 6.07) is 8.99. The van der Waals surface area contributed by atoms with Crippen molar-refractivity contribution in [3.05, 3.63) is 41.5 Å². The number of nitrogens with zero attached hydrogens (tertiary/aromatic N) is 1.